The van der Waals surface area contributed by atoms with Crippen LogP contribution in [-0.2, 0) is 10.8 Å². The van der Waals surface area contributed by atoms with Crippen LogP contribution in [0.2, 0.25) is 0 Å². The molecule has 0 saturated carbocycles. The molecule has 0 radical (unpaired) electrons. The highest BCUT2D eigenvalue weighted by Crippen LogP contribution is 2.51. The molecule has 13 aromatic rings. The van der Waals surface area contributed by atoms with E-state index in [1.165, 1.54) is 130 Å². The Bertz CT molecular complexity index is 3900. The average molecular weight is 775 g/mol. The fraction of sp³-hybridized carbons (Fsp3) is 0.143. The van der Waals surface area contributed by atoms with Crippen molar-refractivity contribution in [1.82, 2.24) is 8.80 Å². The largest absolute Gasteiger partial charge is 0.308 e. The minimum Gasteiger partial charge on any atom is -0.308 e. The molecule has 0 saturated heterocycles. The summed E-state index contributed by atoms with van der Waals surface area (Å²) < 4.78 is 7.88. The van der Waals surface area contributed by atoms with Crippen LogP contribution in [0.25, 0.3) is 119 Å². The van der Waals surface area contributed by atoms with Gasteiger partial charge < -0.3 is 8.80 Å². The van der Waals surface area contributed by atoms with Crippen LogP contribution in [0.1, 0.15) is 52.7 Å². The van der Waals surface area contributed by atoms with Gasteiger partial charge in [0, 0.05) is 63.3 Å². The number of hydrogen-bond donors (Lipinski definition) is 0. The second-order valence-corrected chi connectivity index (χ2v) is 20.0. The molecule has 8 aromatic carbocycles. The van der Waals surface area contributed by atoms with Crippen LogP contribution >= 0.6 is 11.3 Å². The van der Waals surface area contributed by atoms with Crippen molar-refractivity contribution in [2.45, 2.75) is 52.4 Å². The first-order chi connectivity index (χ1) is 28.5. The first kappa shape index (κ1) is 33.5. The predicted molar refractivity (Wildman–Crippen MR) is 257 cm³/mol. The molecule has 0 amide bonds. The summed E-state index contributed by atoms with van der Waals surface area (Å²) in [7, 11) is 0. The van der Waals surface area contributed by atoms with E-state index in [2.05, 4.69) is 196 Å². The second kappa shape index (κ2) is 11.2. The highest BCUT2D eigenvalue weighted by Gasteiger charge is 2.27. The molecular weight excluding hydrogens is 733 g/mol. The van der Waals surface area contributed by atoms with Gasteiger partial charge in [-0.05, 0) is 105 Å². The van der Waals surface area contributed by atoms with Crippen LogP contribution in [-0.4, -0.2) is 8.80 Å². The lowest BCUT2D eigenvalue weighted by atomic mass is 9.84. The zero-order valence-electron chi connectivity index (χ0n) is 34.2. The normalized spacial score (nSPS) is 13.3. The number of thiophene rings is 1. The van der Waals surface area contributed by atoms with Crippen molar-refractivity contribution in [1.29, 1.82) is 0 Å². The Kier molecular flexibility index (Phi) is 6.36. The third-order valence-corrected chi connectivity index (χ3v) is 14.7. The van der Waals surface area contributed by atoms with E-state index < -0.39 is 0 Å². The lowest BCUT2D eigenvalue weighted by Crippen LogP contribution is -2.11. The van der Waals surface area contributed by atoms with E-state index in [4.69, 9.17) is 0 Å². The van der Waals surface area contributed by atoms with Crippen molar-refractivity contribution in [3.63, 3.8) is 0 Å². The molecule has 5 heterocycles. The Morgan fingerprint density at radius 2 is 0.932 bits per heavy atom. The van der Waals surface area contributed by atoms with Gasteiger partial charge in [-0.25, -0.2) is 0 Å². The van der Waals surface area contributed by atoms with Gasteiger partial charge in [0.15, 0.2) is 0 Å². The SMILES string of the molecule is CC(C)(C)c1ccc2c(c1)c1cc(C(C)(C)C)cc3c4cc5c(cc4n2c13)c1cc2c3ccccc3sc2c2c3cc(-c4ccccc4-c4ccccc4)ccc3n5c12. The summed E-state index contributed by atoms with van der Waals surface area (Å²) in [5.41, 5.74) is 15.6. The average Bonchev–Trinajstić information content (AvgIpc) is 4.03. The van der Waals surface area contributed by atoms with Crippen molar-refractivity contribution in [2.24, 2.45) is 0 Å². The van der Waals surface area contributed by atoms with Crippen LogP contribution < -0.4 is 0 Å². The van der Waals surface area contributed by atoms with E-state index in [1.54, 1.807) is 0 Å². The van der Waals surface area contributed by atoms with Gasteiger partial charge in [-0.3, -0.25) is 0 Å². The molecule has 0 aliphatic carbocycles. The summed E-state index contributed by atoms with van der Waals surface area (Å²) in [5.74, 6) is 0. The maximum absolute atomic E-state index is 2.60. The Hall–Kier alpha value is -6.42. The van der Waals surface area contributed by atoms with Crippen molar-refractivity contribution in [3.8, 4) is 22.3 Å². The molecule has 13 rings (SSSR count). The molecule has 3 heteroatoms. The minimum atomic E-state index is 0.00458. The lowest BCUT2D eigenvalue weighted by molar-refractivity contribution is 0.590. The molecule has 0 spiro atoms. The molecule has 282 valence electrons. The summed E-state index contributed by atoms with van der Waals surface area (Å²) >= 11 is 1.94. The Morgan fingerprint density at radius 3 is 1.64 bits per heavy atom. The van der Waals surface area contributed by atoms with Crippen molar-refractivity contribution < 1.29 is 0 Å². The quantitative estimate of drug-likeness (QED) is 0.165. The van der Waals surface area contributed by atoms with Crippen molar-refractivity contribution >= 4 is 108 Å². The van der Waals surface area contributed by atoms with Gasteiger partial charge >= 0.3 is 0 Å². The molecule has 0 fully saturated rings. The summed E-state index contributed by atoms with van der Waals surface area (Å²) in [4.78, 5) is 0. The number of nitrogens with zero attached hydrogens (tertiary/aromatic N) is 2. The highest BCUT2D eigenvalue weighted by molar-refractivity contribution is 7.26. The third kappa shape index (κ3) is 4.41. The second-order valence-electron chi connectivity index (χ2n) is 19.0. The maximum Gasteiger partial charge on any atom is 0.0635 e. The zero-order chi connectivity index (χ0) is 39.7. The van der Waals surface area contributed by atoms with Crippen LogP contribution in [0.15, 0.2) is 146 Å². The van der Waals surface area contributed by atoms with Crippen molar-refractivity contribution in [3.05, 3.63) is 157 Å². The number of aromatic nitrogens is 2. The number of hydrogen-bond acceptors (Lipinski definition) is 1. The van der Waals surface area contributed by atoms with Crippen LogP contribution in [0, 0.1) is 0 Å². The van der Waals surface area contributed by atoms with E-state index in [0.29, 0.717) is 0 Å². The predicted octanol–water partition coefficient (Wildman–Crippen LogP) is 16.3. The van der Waals surface area contributed by atoms with Gasteiger partial charge in [-0.15, -0.1) is 11.3 Å². The fourth-order valence-corrected chi connectivity index (χ4v) is 11.7. The molecule has 0 N–H and O–H groups in total. The Balaban J connectivity index is 1.19. The van der Waals surface area contributed by atoms with Gasteiger partial charge in [-0.1, -0.05) is 126 Å². The molecule has 0 atom stereocenters. The minimum absolute atomic E-state index is 0.00458. The molecule has 0 unspecified atom stereocenters. The molecule has 0 bridgehead atoms. The van der Waals surface area contributed by atoms with Crippen LogP contribution in [0.3, 0.4) is 0 Å². The first-order valence-corrected chi connectivity index (χ1v) is 21.7. The number of benzene rings is 8. The molecular formula is C56H42N2S. The third-order valence-electron chi connectivity index (χ3n) is 13.5. The monoisotopic (exact) mass is 774 g/mol. The maximum atomic E-state index is 2.60. The standard InChI is InChI=1S/C56H42N2S/c1-55(2,3)33-21-23-46-38(25-33)41-26-34(56(4,5)6)27-42-39-29-49-40(30-48(39)57(46)52(41)42)43-28-44-37-18-12-13-19-50(37)59-54(44)51-45-24-32(20-22-47(45)58(49)53(43)51)36-17-11-10-16-35(36)31-14-8-7-9-15-31/h7-30H,1-6H3. The Morgan fingerprint density at radius 1 is 0.373 bits per heavy atom. The zero-order valence-corrected chi connectivity index (χ0v) is 35.0. The van der Waals surface area contributed by atoms with Gasteiger partial charge in [0.25, 0.3) is 0 Å². The van der Waals surface area contributed by atoms with E-state index in [-0.39, 0.29) is 10.8 Å². The summed E-state index contributed by atoms with van der Waals surface area (Å²) in [6.45, 7) is 14.0. The highest BCUT2D eigenvalue weighted by atomic mass is 32.1. The van der Waals surface area contributed by atoms with Gasteiger partial charge in [0.05, 0.1) is 33.1 Å². The summed E-state index contributed by atoms with van der Waals surface area (Å²) in [6.07, 6.45) is 0. The molecule has 2 nitrogen and oxygen atoms in total. The summed E-state index contributed by atoms with van der Waals surface area (Å²) in [6, 6.07) is 55.6. The van der Waals surface area contributed by atoms with E-state index in [0.717, 1.165) is 0 Å². The topological polar surface area (TPSA) is 8.82 Å². The van der Waals surface area contributed by atoms with E-state index >= 15 is 0 Å². The van der Waals surface area contributed by atoms with Gasteiger partial charge in [0.2, 0.25) is 0 Å². The molecule has 59 heavy (non-hydrogen) atoms. The lowest BCUT2D eigenvalue weighted by Gasteiger charge is -2.20. The van der Waals surface area contributed by atoms with E-state index in [9.17, 15) is 0 Å². The van der Waals surface area contributed by atoms with Crippen LogP contribution in [0.4, 0.5) is 0 Å². The van der Waals surface area contributed by atoms with Crippen molar-refractivity contribution in [2.75, 3.05) is 0 Å². The van der Waals surface area contributed by atoms with E-state index in [1.807, 2.05) is 11.3 Å². The number of rotatable bonds is 2. The Labute approximate surface area is 346 Å². The molecule has 0 aliphatic heterocycles. The fourth-order valence-electron chi connectivity index (χ4n) is 10.5. The van der Waals surface area contributed by atoms with Gasteiger partial charge in [-0.2, -0.15) is 0 Å². The van der Waals surface area contributed by atoms with Gasteiger partial charge in [0.1, 0.15) is 0 Å². The van der Waals surface area contributed by atoms with Crippen LogP contribution in [0.5, 0.6) is 0 Å². The first-order valence-electron chi connectivity index (χ1n) is 20.9. The number of fused-ring (bicyclic) bond motifs is 16. The smallest absolute Gasteiger partial charge is 0.0635 e. The summed E-state index contributed by atoms with van der Waals surface area (Å²) in [5, 5.41) is 13.4. The molecule has 0 aliphatic rings. The molecule has 5 aromatic heterocycles.